The van der Waals surface area contributed by atoms with Gasteiger partial charge in [0.15, 0.2) is 0 Å². The Kier molecular flexibility index (Phi) is 7.14. The molecule has 9 heteroatoms. The van der Waals surface area contributed by atoms with Crippen molar-refractivity contribution in [3.05, 3.63) is 69.8 Å². The topological polar surface area (TPSA) is 111 Å². The number of piperidine rings is 1. The van der Waals surface area contributed by atoms with Crippen molar-refractivity contribution in [2.45, 2.75) is 45.6 Å². The third-order valence-electron chi connectivity index (χ3n) is 7.30. The van der Waals surface area contributed by atoms with Crippen molar-refractivity contribution in [1.82, 2.24) is 14.9 Å². The van der Waals surface area contributed by atoms with Gasteiger partial charge in [-0.3, -0.25) is 9.59 Å². The molecular weight excluding hydrogens is 468 g/mol. The summed E-state index contributed by atoms with van der Waals surface area (Å²) in [5.74, 6) is 0.598. The van der Waals surface area contributed by atoms with Crippen LogP contribution in [0.15, 0.2) is 47.5 Å². The summed E-state index contributed by atoms with van der Waals surface area (Å²) in [7, 11) is 0. The lowest BCUT2D eigenvalue weighted by atomic mass is 9.89. The molecule has 2 aromatic heterocycles. The number of benzene rings is 1. The molecule has 0 spiro atoms. The first-order chi connectivity index (χ1) is 17.9. The number of carbonyl (C=O) groups excluding carboxylic acids is 1. The standard InChI is InChI=1S/C28H34N6O3/c1-17(2)34-13-9-20(10-14-34)19-4-6-21(7-5-19)32-27(36)24-22(8-11-30-26(24)35)33-23-16-31-28-25(18(23)3)29-12-15-37-28/h4-8,11,16-17,20,29H,9-10,12-15H2,1-3H3,(H,32,36)(H2,30,33,35). The number of rotatable bonds is 6. The number of anilines is 4. The summed E-state index contributed by atoms with van der Waals surface area (Å²) in [5, 5.41) is 9.40. The van der Waals surface area contributed by atoms with Crippen molar-refractivity contribution < 1.29 is 9.53 Å². The summed E-state index contributed by atoms with van der Waals surface area (Å²) in [4.78, 5) is 35.4. The number of nitrogens with one attached hydrogen (secondary N) is 4. The lowest BCUT2D eigenvalue weighted by Gasteiger charge is -2.34. The van der Waals surface area contributed by atoms with Crippen LogP contribution in [0, 0.1) is 6.92 Å². The van der Waals surface area contributed by atoms with Crippen LogP contribution in [0.3, 0.4) is 0 Å². The first-order valence-electron chi connectivity index (χ1n) is 12.9. The highest BCUT2D eigenvalue weighted by atomic mass is 16.5. The summed E-state index contributed by atoms with van der Waals surface area (Å²) in [6.07, 6.45) is 5.44. The molecule has 37 heavy (non-hydrogen) atoms. The minimum Gasteiger partial charge on any atom is -0.474 e. The zero-order valence-electron chi connectivity index (χ0n) is 21.6. The van der Waals surface area contributed by atoms with Crippen LogP contribution in [0.1, 0.15) is 54.1 Å². The maximum absolute atomic E-state index is 13.2. The Balaban J connectivity index is 1.31. The molecule has 0 bridgehead atoms. The molecule has 1 saturated heterocycles. The van der Waals surface area contributed by atoms with Crippen LogP contribution in [-0.4, -0.2) is 53.1 Å². The summed E-state index contributed by atoms with van der Waals surface area (Å²) < 4.78 is 5.60. The highest BCUT2D eigenvalue weighted by Gasteiger charge is 2.23. The largest absolute Gasteiger partial charge is 0.474 e. The van der Waals surface area contributed by atoms with Gasteiger partial charge >= 0.3 is 0 Å². The van der Waals surface area contributed by atoms with Gasteiger partial charge in [-0.05, 0) is 76.4 Å². The summed E-state index contributed by atoms with van der Waals surface area (Å²) in [5.41, 5.74) is 4.26. The van der Waals surface area contributed by atoms with Crippen molar-refractivity contribution in [3.8, 4) is 5.88 Å². The Bertz CT molecular complexity index is 1330. The Labute approximate surface area is 216 Å². The highest BCUT2D eigenvalue weighted by Crippen LogP contribution is 2.34. The number of pyridine rings is 2. The van der Waals surface area contributed by atoms with E-state index < -0.39 is 11.5 Å². The Hall–Kier alpha value is -3.85. The maximum atomic E-state index is 13.2. The molecule has 0 unspecified atom stereocenters. The van der Waals surface area contributed by atoms with Gasteiger partial charge in [0.1, 0.15) is 17.9 Å². The predicted molar refractivity (Wildman–Crippen MR) is 146 cm³/mol. The van der Waals surface area contributed by atoms with E-state index in [0.717, 1.165) is 37.2 Å². The minimum absolute atomic E-state index is 0.00830. The number of likely N-dealkylation sites (tertiary alicyclic amines) is 1. The van der Waals surface area contributed by atoms with E-state index >= 15 is 0 Å². The van der Waals surface area contributed by atoms with E-state index in [1.165, 1.54) is 11.8 Å². The lowest BCUT2D eigenvalue weighted by molar-refractivity contribution is 0.102. The Morgan fingerprint density at radius 2 is 1.89 bits per heavy atom. The second-order valence-electron chi connectivity index (χ2n) is 9.95. The second kappa shape index (κ2) is 10.6. The van der Waals surface area contributed by atoms with Crippen LogP contribution in [0.4, 0.5) is 22.7 Å². The fourth-order valence-electron chi connectivity index (χ4n) is 5.08. The Morgan fingerprint density at radius 1 is 1.14 bits per heavy atom. The molecule has 4 heterocycles. The zero-order chi connectivity index (χ0) is 25.9. The molecule has 0 atom stereocenters. The molecule has 1 aromatic carbocycles. The number of aromatic amines is 1. The molecule has 0 radical (unpaired) electrons. The third-order valence-corrected chi connectivity index (χ3v) is 7.30. The zero-order valence-corrected chi connectivity index (χ0v) is 21.6. The van der Waals surface area contributed by atoms with Gasteiger partial charge < -0.3 is 30.6 Å². The maximum Gasteiger partial charge on any atom is 0.263 e. The normalized spacial score (nSPS) is 16.0. The van der Waals surface area contributed by atoms with E-state index in [4.69, 9.17) is 4.74 Å². The van der Waals surface area contributed by atoms with Gasteiger partial charge in [0.2, 0.25) is 5.88 Å². The average Bonchev–Trinajstić information content (AvgIpc) is 2.91. The first-order valence-corrected chi connectivity index (χ1v) is 12.9. The molecule has 0 saturated carbocycles. The molecule has 1 fully saturated rings. The molecule has 9 nitrogen and oxygen atoms in total. The van der Waals surface area contributed by atoms with Gasteiger partial charge in [0.25, 0.3) is 11.5 Å². The van der Waals surface area contributed by atoms with E-state index in [-0.39, 0.29) is 5.56 Å². The summed E-state index contributed by atoms with van der Waals surface area (Å²) >= 11 is 0. The summed E-state index contributed by atoms with van der Waals surface area (Å²) in [6.45, 7) is 9.88. The molecule has 2 aliphatic heterocycles. The second-order valence-corrected chi connectivity index (χ2v) is 9.95. The van der Waals surface area contributed by atoms with Crippen LogP contribution in [0.5, 0.6) is 5.88 Å². The number of H-pyrrole nitrogens is 1. The molecule has 5 rings (SSSR count). The fraction of sp³-hybridized carbons (Fsp3) is 0.393. The number of ether oxygens (including phenoxy) is 1. The highest BCUT2D eigenvalue weighted by molar-refractivity contribution is 6.08. The van der Waals surface area contributed by atoms with Gasteiger partial charge in [0, 0.05) is 30.0 Å². The molecular formula is C28H34N6O3. The van der Waals surface area contributed by atoms with Gasteiger partial charge in [0.05, 0.1) is 17.6 Å². The fourth-order valence-corrected chi connectivity index (χ4v) is 5.08. The van der Waals surface area contributed by atoms with E-state index in [2.05, 4.69) is 56.8 Å². The van der Waals surface area contributed by atoms with Crippen LogP contribution >= 0.6 is 0 Å². The van der Waals surface area contributed by atoms with Crippen molar-refractivity contribution >= 4 is 28.7 Å². The van der Waals surface area contributed by atoms with Crippen molar-refractivity contribution in [2.24, 2.45) is 0 Å². The van der Waals surface area contributed by atoms with Gasteiger partial charge in [-0.15, -0.1) is 0 Å². The van der Waals surface area contributed by atoms with Crippen molar-refractivity contribution in [3.63, 3.8) is 0 Å². The average molecular weight is 503 g/mol. The summed E-state index contributed by atoms with van der Waals surface area (Å²) in [6, 6.07) is 10.2. The third kappa shape index (κ3) is 5.32. The van der Waals surface area contributed by atoms with E-state index in [9.17, 15) is 9.59 Å². The van der Waals surface area contributed by atoms with Gasteiger partial charge in [-0.2, -0.15) is 0 Å². The molecule has 4 N–H and O–H groups in total. The van der Waals surface area contributed by atoms with Crippen LogP contribution < -0.4 is 26.2 Å². The number of hydrogen-bond acceptors (Lipinski definition) is 7. The number of carbonyl (C=O) groups is 1. The number of fused-ring (bicyclic) bond motifs is 1. The SMILES string of the molecule is Cc1c(Nc2cc[nH]c(=O)c2C(=O)Nc2ccc(C3CCN(C(C)C)CC3)cc2)cnc2c1NCCO2. The van der Waals surface area contributed by atoms with Crippen molar-refractivity contribution in [2.75, 3.05) is 42.2 Å². The van der Waals surface area contributed by atoms with Gasteiger partial charge in [-0.25, -0.2) is 4.98 Å². The van der Waals surface area contributed by atoms with E-state index in [0.29, 0.717) is 48.1 Å². The lowest BCUT2D eigenvalue weighted by Crippen LogP contribution is -2.37. The predicted octanol–water partition coefficient (Wildman–Crippen LogP) is 4.47. The van der Waals surface area contributed by atoms with E-state index in [1.54, 1.807) is 12.3 Å². The Morgan fingerprint density at radius 3 is 2.62 bits per heavy atom. The van der Waals surface area contributed by atoms with Crippen molar-refractivity contribution in [1.29, 1.82) is 0 Å². The minimum atomic E-state index is -0.479. The molecule has 2 aliphatic rings. The first kappa shape index (κ1) is 24.8. The number of amides is 1. The number of aromatic nitrogens is 2. The quantitative estimate of drug-likeness (QED) is 0.394. The van der Waals surface area contributed by atoms with Crippen LogP contribution in [-0.2, 0) is 0 Å². The molecule has 194 valence electrons. The van der Waals surface area contributed by atoms with Crippen LogP contribution in [0.25, 0.3) is 0 Å². The smallest absolute Gasteiger partial charge is 0.263 e. The van der Waals surface area contributed by atoms with Gasteiger partial charge in [-0.1, -0.05) is 12.1 Å². The molecule has 0 aliphatic carbocycles. The molecule has 1 amide bonds. The van der Waals surface area contributed by atoms with Crippen LogP contribution in [0.2, 0.25) is 0 Å². The number of hydrogen-bond donors (Lipinski definition) is 4. The molecule has 3 aromatic rings. The monoisotopic (exact) mass is 502 g/mol. The van der Waals surface area contributed by atoms with E-state index in [1.807, 2.05) is 19.1 Å². The number of nitrogens with zero attached hydrogens (tertiary/aromatic N) is 2.